The Morgan fingerprint density at radius 1 is 1.40 bits per heavy atom. The Bertz CT molecular complexity index is 584. The summed E-state index contributed by atoms with van der Waals surface area (Å²) in [5, 5.41) is 10.5. The summed E-state index contributed by atoms with van der Waals surface area (Å²) in [7, 11) is 1.72. The number of ether oxygens (including phenoxy) is 1. The lowest BCUT2D eigenvalue weighted by atomic mass is 10.0. The maximum absolute atomic E-state index is 5.33. The highest BCUT2D eigenvalue weighted by atomic mass is 32.1. The molecular formula is C15H19N3OS. The van der Waals surface area contributed by atoms with Crippen molar-refractivity contribution < 1.29 is 4.74 Å². The molecule has 0 aliphatic carbocycles. The van der Waals surface area contributed by atoms with Crippen molar-refractivity contribution in [3.8, 4) is 5.75 Å². The molecule has 1 aliphatic heterocycles. The van der Waals surface area contributed by atoms with E-state index < -0.39 is 0 Å². The molecule has 20 heavy (non-hydrogen) atoms. The van der Waals surface area contributed by atoms with Crippen molar-refractivity contribution in [2.75, 3.05) is 13.7 Å². The average Bonchev–Trinajstić information content (AvgIpc) is 3.08. The predicted molar refractivity (Wildman–Crippen MR) is 80.0 cm³/mol. The highest BCUT2D eigenvalue weighted by Crippen LogP contribution is 2.34. The molecule has 0 saturated carbocycles. The molecule has 1 unspecified atom stereocenters. The Morgan fingerprint density at radius 3 is 3.05 bits per heavy atom. The minimum Gasteiger partial charge on any atom is -0.497 e. The van der Waals surface area contributed by atoms with Crippen LogP contribution in [0.3, 0.4) is 0 Å². The van der Waals surface area contributed by atoms with E-state index in [9.17, 15) is 0 Å². The van der Waals surface area contributed by atoms with Gasteiger partial charge < -0.3 is 4.74 Å². The molecule has 0 radical (unpaired) electrons. The van der Waals surface area contributed by atoms with Crippen molar-refractivity contribution in [3.63, 3.8) is 0 Å². The first kappa shape index (κ1) is 13.5. The van der Waals surface area contributed by atoms with Crippen LogP contribution in [0.2, 0.25) is 0 Å². The van der Waals surface area contributed by atoms with Gasteiger partial charge in [-0.15, -0.1) is 21.5 Å². The van der Waals surface area contributed by atoms with Crippen LogP contribution in [0.5, 0.6) is 5.75 Å². The van der Waals surface area contributed by atoms with Crippen molar-refractivity contribution in [2.45, 2.75) is 32.4 Å². The number of aromatic nitrogens is 2. The number of hydrogen-bond donors (Lipinski definition) is 0. The topological polar surface area (TPSA) is 38.2 Å². The first-order valence-electron chi connectivity index (χ1n) is 6.93. The van der Waals surface area contributed by atoms with Gasteiger partial charge in [0.2, 0.25) is 0 Å². The Labute approximate surface area is 123 Å². The molecule has 106 valence electrons. The zero-order valence-corrected chi connectivity index (χ0v) is 12.7. The van der Waals surface area contributed by atoms with Crippen LogP contribution in [0.4, 0.5) is 0 Å². The summed E-state index contributed by atoms with van der Waals surface area (Å²) in [6, 6.07) is 8.87. The van der Waals surface area contributed by atoms with Crippen LogP contribution in [0.25, 0.3) is 0 Å². The van der Waals surface area contributed by atoms with E-state index in [2.05, 4.69) is 33.3 Å². The fourth-order valence-electron chi connectivity index (χ4n) is 2.82. The molecule has 0 spiro atoms. The summed E-state index contributed by atoms with van der Waals surface area (Å²) in [4.78, 5) is 2.49. The fraction of sp³-hybridized carbons (Fsp3) is 0.467. The van der Waals surface area contributed by atoms with Gasteiger partial charge in [-0.3, -0.25) is 4.90 Å². The number of benzene rings is 1. The summed E-state index contributed by atoms with van der Waals surface area (Å²) in [6.07, 6.45) is 2.44. The summed E-state index contributed by atoms with van der Waals surface area (Å²) in [5.74, 6) is 0.932. The zero-order chi connectivity index (χ0) is 13.9. The van der Waals surface area contributed by atoms with Gasteiger partial charge in [-0.2, -0.15) is 0 Å². The van der Waals surface area contributed by atoms with Crippen LogP contribution in [0.15, 0.2) is 24.3 Å². The second-order valence-electron chi connectivity index (χ2n) is 5.12. The molecule has 1 saturated heterocycles. The summed E-state index contributed by atoms with van der Waals surface area (Å²) >= 11 is 1.69. The van der Waals surface area contributed by atoms with E-state index in [0.717, 1.165) is 28.9 Å². The maximum atomic E-state index is 5.33. The van der Waals surface area contributed by atoms with Gasteiger partial charge in [-0.05, 0) is 44.0 Å². The van der Waals surface area contributed by atoms with E-state index in [4.69, 9.17) is 4.74 Å². The fourth-order valence-corrected chi connectivity index (χ4v) is 3.55. The number of likely N-dealkylation sites (tertiary alicyclic amines) is 1. The highest BCUT2D eigenvalue weighted by Gasteiger charge is 2.27. The minimum absolute atomic E-state index is 0.467. The number of methoxy groups -OCH3 is 1. The molecule has 4 nitrogen and oxygen atoms in total. The van der Waals surface area contributed by atoms with Crippen molar-refractivity contribution in [1.82, 2.24) is 15.1 Å². The molecule has 5 heteroatoms. The zero-order valence-electron chi connectivity index (χ0n) is 11.9. The molecule has 0 amide bonds. The second-order valence-corrected chi connectivity index (χ2v) is 6.39. The largest absolute Gasteiger partial charge is 0.497 e. The van der Waals surface area contributed by atoms with Crippen LogP contribution >= 0.6 is 11.3 Å². The van der Waals surface area contributed by atoms with Crippen LogP contribution in [-0.2, 0) is 6.54 Å². The van der Waals surface area contributed by atoms with Crippen molar-refractivity contribution >= 4 is 11.3 Å². The SMILES string of the molecule is COc1cccc(C2CCCN2Cc2nnc(C)s2)c1. The molecule has 2 heterocycles. The van der Waals surface area contributed by atoms with Crippen molar-refractivity contribution in [1.29, 1.82) is 0 Å². The van der Waals surface area contributed by atoms with Gasteiger partial charge in [-0.1, -0.05) is 12.1 Å². The van der Waals surface area contributed by atoms with Crippen LogP contribution in [-0.4, -0.2) is 28.8 Å². The van der Waals surface area contributed by atoms with Gasteiger partial charge in [0.05, 0.1) is 13.7 Å². The molecule has 0 N–H and O–H groups in total. The van der Waals surface area contributed by atoms with E-state index in [-0.39, 0.29) is 0 Å². The van der Waals surface area contributed by atoms with Crippen LogP contribution in [0, 0.1) is 6.92 Å². The number of aryl methyl sites for hydroxylation is 1. The van der Waals surface area contributed by atoms with Gasteiger partial charge in [0.1, 0.15) is 15.8 Å². The number of hydrogen-bond acceptors (Lipinski definition) is 5. The van der Waals surface area contributed by atoms with E-state index in [1.165, 1.54) is 18.4 Å². The van der Waals surface area contributed by atoms with E-state index in [1.54, 1.807) is 18.4 Å². The van der Waals surface area contributed by atoms with Gasteiger partial charge in [-0.25, -0.2) is 0 Å². The minimum atomic E-state index is 0.467. The molecule has 3 rings (SSSR count). The molecule has 0 bridgehead atoms. The lowest BCUT2D eigenvalue weighted by Crippen LogP contribution is -2.22. The third-order valence-corrected chi connectivity index (χ3v) is 4.57. The van der Waals surface area contributed by atoms with Gasteiger partial charge in [0.25, 0.3) is 0 Å². The smallest absolute Gasteiger partial charge is 0.131 e. The molecular weight excluding hydrogens is 270 g/mol. The van der Waals surface area contributed by atoms with Crippen LogP contribution < -0.4 is 4.74 Å². The van der Waals surface area contributed by atoms with Gasteiger partial charge >= 0.3 is 0 Å². The lowest BCUT2D eigenvalue weighted by molar-refractivity contribution is 0.247. The van der Waals surface area contributed by atoms with Crippen LogP contribution in [0.1, 0.15) is 34.5 Å². The lowest BCUT2D eigenvalue weighted by Gasteiger charge is -2.23. The molecule has 2 aromatic rings. The molecule has 1 aliphatic rings. The molecule has 1 fully saturated rings. The maximum Gasteiger partial charge on any atom is 0.131 e. The third-order valence-electron chi connectivity index (χ3n) is 3.75. The average molecular weight is 289 g/mol. The number of rotatable bonds is 4. The van der Waals surface area contributed by atoms with Crippen molar-refractivity contribution in [3.05, 3.63) is 39.8 Å². The summed E-state index contributed by atoms with van der Waals surface area (Å²) in [6.45, 7) is 4.03. The summed E-state index contributed by atoms with van der Waals surface area (Å²) in [5.41, 5.74) is 1.34. The van der Waals surface area contributed by atoms with E-state index in [0.29, 0.717) is 6.04 Å². The monoisotopic (exact) mass is 289 g/mol. The van der Waals surface area contributed by atoms with E-state index in [1.807, 2.05) is 13.0 Å². The Balaban J connectivity index is 1.77. The Hall–Kier alpha value is -1.46. The molecule has 1 atom stereocenters. The standard InChI is InChI=1S/C15H19N3OS/c1-11-16-17-15(20-11)10-18-8-4-7-14(18)12-5-3-6-13(9-12)19-2/h3,5-6,9,14H,4,7-8,10H2,1-2H3. The molecule has 1 aromatic carbocycles. The number of nitrogens with zero attached hydrogens (tertiary/aromatic N) is 3. The van der Waals surface area contributed by atoms with Crippen molar-refractivity contribution in [2.24, 2.45) is 0 Å². The quantitative estimate of drug-likeness (QED) is 0.866. The normalized spacial score (nSPS) is 19.4. The van der Waals surface area contributed by atoms with E-state index >= 15 is 0 Å². The second kappa shape index (κ2) is 5.89. The summed E-state index contributed by atoms with van der Waals surface area (Å²) < 4.78 is 5.33. The highest BCUT2D eigenvalue weighted by molar-refractivity contribution is 7.11. The third kappa shape index (κ3) is 2.83. The predicted octanol–water partition coefficient (Wildman–Crippen LogP) is 3.19. The first-order chi connectivity index (χ1) is 9.76. The Kier molecular flexibility index (Phi) is 3.98. The Morgan fingerprint density at radius 2 is 2.30 bits per heavy atom. The van der Waals surface area contributed by atoms with Gasteiger partial charge in [0.15, 0.2) is 0 Å². The van der Waals surface area contributed by atoms with Gasteiger partial charge in [0, 0.05) is 6.04 Å². The molecule has 1 aromatic heterocycles. The first-order valence-corrected chi connectivity index (χ1v) is 7.75.